The van der Waals surface area contributed by atoms with Crippen molar-refractivity contribution < 1.29 is 14.3 Å². The van der Waals surface area contributed by atoms with Gasteiger partial charge in [0.2, 0.25) is 5.91 Å². The van der Waals surface area contributed by atoms with Gasteiger partial charge in [-0.05, 0) is 37.3 Å². The Balaban J connectivity index is 1.71. The number of carbonyl (C=O) groups is 2. The molecule has 0 unspecified atom stereocenters. The van der Waals surface area contributed by atoms with E-state index in [1.165, 1.54) is 17.4 Å². The molecule has 1 aliphatic rings. The molecular weight excluding hydrogens is 426 g/mol. The van der Waals surface area contributed by atoms with Crippen molar-refractivity contribution in [2.24, 2.45) is 0 Å². The molecule has 1 fully saturated rings. The number of morpholine rings is 1. The third-order valence-corrected chi connectivity index (χ3v) is 5.67. The van der Waals surface area contributed by atoms with Gasteiger partial charge in [0.15, 0.2) is 5.13 Å². The molecule has 1 aliphatic heterocycles. The number of ether oxygens (including phenoxy) is 1. The second kappa shape index (κ2) is 9.71. The maximum Gasteiger partial charge on any atom is 0.254 e. The molecule has 0 atom stereocenters. The first-order valence-electron chi connectivity index (χ1n) is 10.1. The first kappa shape index (κ1) is 21.7. The predicted molar refractivity (Wildman–Crippen MR) is 125 cm³/mol. The van der Waals surface area contributed by atoms with Crippen molar-refractivity contribution in [1.82, 2.24) is 14.9 Å². The van der Waals surface area contributed by atoms with Crippen molar-refractivity contribution in [1.29, 1.82) is 0 Å². The third kappa shape index (κ3) is 5.19. The Bertz CT molecular complexity index is 1150. The highest BCUT2D eigenvalue weighted by atomic mass is 32.1. The van der Waals surface area contributed by atoms with Crippen LogP contribution in [0.1, 0.15) is 15.2 Å². The van der Waals surface area contributed by atoms with Crippen LogP contribution in [0.2, 0.25) is 0 Å². The summed E-state index contributed by atoms with van der Waals surface area (Å²) in [4.78, 5) is 36.7. The van der Waals surface area contributed by atoms with Crippen LogP contribution < -0.4 is 10.6 Å². The lowest BCUT2D eigenvalue weighted by Crippen LogP contribution is -2.40. The molecule has 1 aromatic carbocycles. The number of rotatable bonds is 6. The van der Waals surface area contributed by atoms with Crippen molar-refractivity contribution in [2.75, 3.05) is 36.9 Å². The lowest BCUT2D eigenvalue weighted by Gasteiger charge is -2.27. The molecular formula is C23H23N5O3S. The van der Waals surface area contributed by atoms with Gasteiger partial charge in [0, 0.05) is 41.0 Å². The first-order chi connectivity index (χ1) is 15.5. The highest BCUT2D eigenvalue weighted by Gasteiger charge is 2.20. The Hall–Kier alpha value is -3.56. The number of benzene rings is 1. The van der Waals surface area contributed by atoms with Crippen LogP contribution in [0.25, 0.3) is 11.3 Å². The Kier molecular flexibility index (Phi) is 6.58. The van der Waals surface area contributed by atoms with E-state index in [1.807, 2.05) is 25.1 Å². The van der Waals surface area contributed by atoms with Crippen LogP contribution in [-0.2, 0) is 9.53 Å². The Morgan fingerprint density at radius 3 is 2.75 bits per heavy atom. The Morgan fingerprint density at radius 1 is 1.22 bits per heavy atom. The molecule has 8 nitrogen and oxygen atoms in total. The molecule has 0 aliphatic carbocycles. The highest BCUT2D eigenvalue weighted by molar-refractivity contribution is 7.15. The number of nitrogens with zero attached hydrogens (tertiary/aromatic N) is 3. The van der Waals surface area contributed by atoms with Gasteiger partial charge in [0.1, 0.15) is 5.82 Å². The number of aromatic nitrogens is 2. The molecule has 32 heavy (non-hydrogen) atoms. The van der Waals surface area contributed by atoms with E-state index in [2.05, 4.69) is 22.2 Å². The van der Waals surface area contributed by atoms with Crippen LogP contribution in [0.5, 0.6) is 0 Å². The zero-order valence-electron chi connectivity index (χ0n) is 17.6. The van der Waals surface area contributed by atoms with E-state index in [4.69, 9.17) is 9.72 Å². The molecule has 2 amide bonds. The topological polar surface area (TPSA) is 96.5 Å². The van der Waals surface area contributed by atoms with Crippen molar-refractivity contribution in [3.05, 3.63) is 65.7 Å². The van der Waals surface area contributed by atoms with Crippen molar-refractivity contribution in [2.45, 2.75) is 6.92 Å². The van der Waals surface area contributed by atoms with Gasteiger partial charge in [-0.3, -0.25) is 9.59 Å². The molecule has 164 valence electrons. The predicted octanol–water partition coefficient (Wildman–Crippen LogP) is 3.85. The van der Waals surface area contributed by atoms with Crippen LogP contribution in [0, 0.1) is 6.92 Å². The minimum absolute atomic E-state index is 0.0774. The molecule has 1 saturated heterocycles. The Labute approximate surface area is 190 Å². The number of amides is 2. The maximum absolute atomic E-state index is 13.2. The van der Waals surface area contributed by atoms with E-state index in [0.717, 1.165) is 10.4 Å². The number of hydrogen-bond acceptors (Lipinski definition) is 7. The zero-order chi connectivity index (χ0) is 22.5. The fraction of sp³-hybridized carbons (Fsp3) is 0.217. The smallest absolute Gasteiger partial charge is 0.254 e. The average Bonchev–Trinajstić information content (AvgIpc) is 3.23. The van der Waals surface area contributed by atoms with Crippen LogP contribution >= 0.6 is 11.3 Å². The maximum atomic E-state index is 13.2. The number of hydrogen-bond donors (Lipinski definition) is 2. The van der Waals surface area contributed by atoms with E-state index < -0.39 is 0 Å². The van der Waals surface area contributed by atoms with Gasteiger partial charge < -0.3 is 20.3 Å². The average molecular weight is 450 g/mol. The molecule has 3 aromatic rings. The minimum Gasteiger partial charge on any atom is -0.378 e. The molecule has 2 N–H and O–H groups in total. The fourth-order valence-electron chi connectivity index (χ4n) is 3.29. The molecule has 0 saturated carbocycles. The van der Waals surface area contributed by atoms with Crippen molar-refractivity contribution in [3.8, 4) is 11.3 Å². The van der Waals surface area contributed by atoms with Crippen LogP contribution in [-0.4, -0.2) is 53.0 Å². The summed E-state index contributed by atoms with van der Waals surface area (Å²) in [6.45, 7) is 7.60. The van der Waals surface area contributed by atoms with E-state index in [9.17, 15) is 9.59 Å². The van der Waals surface area contributed by atoms with Gasteiger partial charge in [-0.1, -0.05) is 18.7 Å². The fourth-order valence-corrected chi connectivity index (χ4v) is 3.96. The quantitative estimate of drug-likeness (QED) is 0.555. The second-order valence-electron chi connectivity index (χ2n) is 7.21. The van der Waals surface area contributed by atoms with E-state index in [1.54, 1.807) is 29.3 Å². The molecule has 3 heterocycles. The lowest BCUT2D eigenvalue weighted by atomic mass is 10.1. The van der Waals surface area contributed by atoms with E-state index in [0.29, 0.717) is 54.2 Å². The normalized spacial score (nSPS) is 13.5. The van der Waals surface area contributed by atoms with Crippen LogP contribution in [0.4, 0.5) is 16.6 Å². The van der Waals surface area contributed by atoms with Crippen LogP contribution in [0.15, 0.2) is 55.3 Å². The second-order valence-corrected chi connectivity index (χ2v) is 8.44. The number of aryl methyl sites for hydroxylation is 1. The minimum atomic E-state index is -0.298. The third-order valence-electron chi connectivity index (χ3n) is 4.84. The van der Waals surface area contributed by atoms with Gasteiger partial charge in [-0.15, -0.1) is 11.3 Å². The number of nitrogens with one attached hydrogen (secondary N) is 2. The number of anilines is 3. The van der Waals surface area contributed by atoms with E-state index in [-0.39, 0.29) is 11.8 Å². The summed E-state index contributed by atoms with van der Waals surface area (Å²) in [5.74, 6) is 0.147. The summed E-state index contributed by atoms with van der Waals surface area (Å²) in [5, 5.41) is 6.66. The highest BCUT2D eigenvalue weighted by Crippen LogP contribution is 2.27. The summed E-state index contributed by atoms with van der Waals surface area (Å²) >= 11 is 1.51. The monoisotopic (exact) mass is 449 g/mol. The molecule has 0 radical (unpaired) electrons. The summed E-state index contributed by atoms with van der Waals surface area (Å²) < 4.78 is 5.37. The summed E-state index contributed by atoms with van der Waals surface area (Å²) in [7, 11) is 0. The summed E-state index contributed by atoms with van der Waals surface area (Å²) in [6, 6.07) is 10.8. The van der Waals surface area contributed by atoms with Crippen molar-refractivity contribution >= 4 is 39.8 Å². The molecule has 2 aromatic heterocycles. The standard InChI is InChI=1S/C23H23N5O3S/c1-3-21(29)25-18-6-4-5-16(11-18)19-12-17(22(30)28-7-9-31-10-8-28)13-20(26-19)27-23-24-14-15(2)32-23/h3-6,11-14H,1,7-10H2,2H3,(H,25,29)(H,24,26,27). The number of carbonyl (C=O) groups excluding carboxylic acids is 2. The molecule has 4 rings (SSSR count). The van der Waals surface area contributed by atoms with Gasteiger partial charge in [-0.25, -0.2) is 9.97 Å². The van der Waals surface area contributed by atoms with Gasteiger partial charge >= 0.3 is 0 Å². The molecule has 0 spiro atoms. The zero-order valence-corrected chi connectivity index (χ0v) is 18.4. The van der Waals surface area contributed by atoms with E-state index >= 15 is 0 Å². The number of thiazole rings is 1. The largest absolute Gasteiger partial charge is 0.378 e. The summed E-state index contributed by atoms with van der Waals surface area (Å²) in [5.41, 5.74) is 2.51. The van der Waals surface area contributed by atoms with Crippen molar-refractivity contribution in [3.63, 3.8) is 0 Å². The van der Waals surface area contributed by atoms with Gasteiger partial charge in [0.05, 0.1) is 18.9 Å². The SMILES string of the molecule is C=CC(=O)Nc1cccc(-c2cc(C(=O)N3CCOCC3)cc(Nc3ncc(C)s3)n2)c1. The molecule has 0 bridgehead atoms. The van der Waals surface area contributed by atoms with Gasteiger partial charge in [-0.2, -0.15) is 0 Å². The van der Waals surface area contributed by atoms with Gasteiger partial charge in [0.25, 0.3) is 5.91 Å². The first-order valence-corrected chi connectivity index (χ1v) is 11.0. The summed E-state index contributed by atoms with van der Waals surface area (Å²) in [6.07, 6.45) is 2.99. The van der Waals surface area contributed by atoms with Crippen LogP contribution in [0.3, 0.4) is 0 Å². The molecule has 9 heteroatoms. The lowest BCUT2D eigenvalue weighted by molar-refractivity contribution is -0.111. The number of pyridine rings is 1. The Morgan fingerprint density at radius 2 is 2.03 bits per heavy atom.